The van der Waals surface area contributed by atoms with Crippen LogP contribution in [0.4, 0.5) is 34.1 Å². The minimum absolute atomic E-state index is 0.00140. The molecule has 3 aliphatic carbocycles. The van der Waals surface area contributed by atoms with Gasteiger partial charge in [-0.3, -0.25) is 0 Å². The van der Waals surface area contributed by atoms with Gasteiger partial charge in [-0.05, 0) is 217 Å². The third kappa shape index (κ3) is 6.99. The lowest BCUT2D eigenvalue weighted by Gasteiger charge is -2.48. The number of thiophene rings is 1. The van der Waals surface area contributed by atoms with Crippen molar-refractivity contribution in [3.8, 4) is 11.1 Å². The van der Waals surface area contributed by atoms with E-state index in [1.165, 1.54) is 160 Å². The van der Waals surface area contributed by atoms with E-state index < -0.39 is 0 Å². The number of rotatable bonds is 3. The van der Waals surface area contributed by atoms with Crippen LogP contribution in [0, 0.1) is 13.8 Å². The predicted octanol–water partition coefficient (Wildman–Crippen LogP) is 17.6. The number of hydrogen-bond donors (Lipinski definition) is 0. The highest BCUT2D eigenvalue weighted by molar-refractivity contribution is 7.33. The van der Waals surface area contributed by atoms with Crippen LogP contribution < -0.4 is 25.5 Å². The average Bonchev–Trinajstić information content (AvgIpc) is 3.68. The summed E-state index contributed by atoms with van der Waals surface area (Å²) in [5, 5.41) is 1.37. The van der Waals surface area contributed by atoms with Gasteiger partial charge in [0.15, 0.2) is 0 Å². The maximum Gasteiger partial charge on any atom is 0.264 e. The van der Waals surface area contributed by atoms with Crippen molar-refractivity contribution in [1.29, 1.82) is 0 Å². The molecule has 6 aromatic carbocycles. The number of aryl methyl sites for hydroxylation is 2. The molecule has 1 aromatic heterocycles. The molecule has 72 heavy (non-hydrogen) atoms. The molecule has 0 bridgehead atoms. The molecule has 0 atom stereocenters. The fraction of sp³-hybridized carbons (Fsp3) is 0.441. The molecule has 0 saturated carbocycles. The molecule has 12 rings (SSSR count). The number of fused-ring (bicyclic) bond motifs is 9. The van der Waals surface area contributed by atoms with Gasteiger partial charge in [0.2, 0.25) is 0 Å². The van der Waals surface area contributed by atoms with Crippen LogP contribution in [0.25, 0.3) is 21.2 Å². The van der Waals surface area contributed by atoms with E-state index in [2.05, 4.69) is 225 Å². The monoisotopic (exact) mass is 967 g/mol. The van der Waals surface area contributed by atoms with Crippen LogP contribution in [0.5, 0.6) is 0 Å². The Morgan fingerprint density at radius 1 is 0.472 bits per heavy atom. The van der Waals surface area contributed by atoms with E-state index >= 15 is 0 Å². The third-order valence-corrected chi connectivity index (χ3v) is 20.7. The van der Waals surface area contributed by atoms with Crippen LogP contribution in [0.15, 0.2) is 97.1 Å². The summed E-state index contributed by atoms with van der Waals surface area (Å²) in [5.74, 6) is 0. The Kier molecular flexibility index (Phi) is 10.2. The minimum atomic E-state index is -0.00140. The van der Waals surface area contributed by atoms with E-state index in [-0.39, 0.29) is 44.6 Å². The number of nitrogens with zero attached hydrogens (tertiary/aromatic N) is 2. The summed E-state index contributed by atoms with van der Waals surface area (Å²) in [6.45, 7) is 41.6. The first kappa shape index (κ1) is 47.9. The third-order valence-electron chi connectivity index (χ3n) is 19.5. The van der Waals surface area contributed by atoms with E-state index in [0.717, 1.165) is 0 Å². The molecule has 2 aliphatic heterocycles. The van der Waals surface area contributed by atoms with E-state index in [1.807, 2.05) is 11.3 Å². The molecular weight excluding hydrogens is 888 g/mol. The van der Waals surface area contributed by atoms with Gasteiger partial charge in [-0.25, -0.2) is 0 Å². The van der Waals surface area contributed by atoms with Crippen LogP contribution in [0.3, 0.4) is 0 Å². The topological polar surface area (TPSA) is 6.48 Å². The Bertz CT molecular complexity index is 3430. The van der Waals surface area contributed by atoms with Crippen LogP contribution in [0.2, 0.25) is 0 Å². The zero-order valence-electron chi connectivity index (χ0n) is 46.9. The molecule has 4 heteroatoms. The summed E-state index contributed by atoms with van der Waals surface area (Å²) in [5.41, 5.74) is 26.9. The molecule has 2 nitrogen and oxygen atoms in total. The molecule has 5 aliphatic rings. The summed E-state index contributed by atoms with van der Waals surface area (Å²) in [6.07, 6.45) is 7.11. The molecular formula is C68H79BN2S. The second kappa shape index (κ2) is 15.3. The second-order valence-electron chi connectivity index (χ2n) is 28.3. The molecule has 0 spiro atoms. The lowest BCUT2D eigenvalue weighted by molar-refractivity contribution is 0.332. The lowest BCUT2D eigenvalue weighted by Crippen LogP contribution is -2.61. The normalized spacial score (nSPS) is 20.3. The van der Waals surface area contributed by atoms with Crippen molar-refractivity contribution in [2.45, 2.75) is 194 Å². The Hall–Kier alpha value is -5.06. The molecule has 7 aromatic rings. The van der Waals surface area contributed by atoms with E-state index in [4.69, 9.17) is 0 Å². The summed E-state index contributed by atoms with van der Waals surface area (Å²) in [7, 11) is 0. The molecule has 0 saturated heterocycles. The van der Waals surface area contributed by atoms with Crippen LogP contribution in [-0.2, 0) is 37.9 Å². The van der Waals surface area contributed by atoms with Crippen LogP contribution in [0.1, 0.15) is 192 Å². The van der Waals surface area contributed by atoms with E-state index in [9.17, 15) is 0 Å². The molecule has 0 radical (unpaired) electrons. The molecule has 0 fully saturated rings. The molecule has 3 heterocycles. The second-order valence-corrected chi connectivity index (χ2v) is 29.4. The molecule has 0 unspecified atom stereocenters. The van der Waals surface area contributed by atoms with Gasteiger partial charge in [-0.15, -0.1) is 11.3 Å². The van der Waals surface area contributed by atoms with Crippen molar-refractivity contribution < 1.29 is 0 Å². The Labute approximate surface area is 437 Å². The average molecular weight is 967 g/mol. The zero-order chi connectivity index (χ0) is 51.2. The van der Waals surface area contributed by atoms with Gasteiger partial charge in [0.25, 0.3) is 6.71 Å². The van der Waals surface area contributed by atoms with Gasteiger partial charge < -0.3 is 9.80 Å². The van der Waals surface area contributed by atoms with Crippen LogP contribution in [-0.4, -0.2) is 6.71 Å². The first-order chi connectivity index (χ1) is 33.6. The number of hydrogen-bond acceptors (Lipinski definition) is 3. The standard InChI is InChI=1S/C68H79BN2S/c1-40-19-18-20-41(2)58(40)42-33-55-59-56(34-42)71(45-23-25-48-50(37-45)66(12,13)30-28-64(48,8)9)60-46-35-43(62(3,4)5)21-26-57(46)72-61(60)69(59)53-38-51-52(68(16,17)32-31-67(51,14)15)39-54(53)70(55)44-22-24-47-49(36-44)65(10,11)29-27-63(47,6)7/h18-26,33-39H,27-32H2,1-17H3. The van der Waals surface area contributed by atoms with E-state index in [0.29, 0.717) is 0 Å². The Balaban J connectivity index is 1.26. The van der Waals surface area contributed by atoms with Gasteiger partial charge in [0.05, 0.1) is 5.69 Å². The smallest absolute Gasteiger partial charge is 0.264 e. The van der Waals surface area contributed by atoms with Gasteiger partial charge in [-0.2, -0.15) is 0 Å². The Morgan fingerprint density at radius 2 is 0.931 bits per heavy atom. The summed E-state index contributed by atoms with van der Waals surface area (Å²) >= 11 is 2.05. The first-order valence-electron chi connectivity index (χ1n) is 27.5. The maximum absolute atomic E-state index is 2.76. The fourth-order valence-electron chi connectivity index (χ4n) is 14.4. The van der Waals surface area contributed by atoms with Gasteiger partial charge >= 0.3 is 0 Å². The molecule has 0 N–H and O–H groups in total. The fourth-order valence-corrected chi connectivity index (χ4v) is 15.7. The van der Waals surface area contributed by atoms with Gasteiger partial charge in [0.1, 0.15) is 0 Å². The van der Waals surface area contributed by atoms with Crippen LogP contribution >= 0.6 is 11.3 Å². The van der Waals surface area contributed by atoms with Crippen molar-refractivity contribution >= 4 is 78.0 Å². The number of benzene rings is 6. The summed E-state index contributed by atoms with van der Waals surface area (Å²) in [6, 6.07) is 40.2. The van der Waals surface area contributed by atoms with E-state index in [1.54, 1.807) is 0 Å². The summed E-state index contributed by atoms with van der Waals surface area (Å²) < 4.78 is 2.83. The molecule has 0 amide bonds. The SMILES string of the molecule is Cc1cccc(C)c1-c1cc2c3c(c1)N(c1ccc4c(c1)C(C)(C)CCC4(C)C)c1c(sc4ccc(C(C)(C)C)cc14)B3c1cc3c(cc1N2c1ccc2c(c1)C(C)(C)CCC2(C)C)C(C)(C)CCC3(C)C. The Morgan fingerprint density at radius 3 is 1.44 bits per heavy atom. The van der Waals surface area contributed by atoms with Crippen molar-refractivity contribution in [3.05, 3.63) is 147 Å². The highest BCUT2D eigenvalue weighted by atomic mass is 32.1. The zero-order valence-corrected chi connectivity index (χ0v) is 47.7. The highest BCUT2D eigenvalue weighted by Crippen LogP contribution is 2.56. The quantitative estimate of drug-likeness (QED) is 0.163. The lowest BCUT2D eigenvalue weighted by atomic mass is 9.35. The van der Waals surface area contributed by atoms with Gasteiger partial charge in [-0.1, -0.05) is 146 Å². The van der Waals surface area contributed by atoms with Crippen molar-refractivity contribution in [2.75, 3.05) is 9.80 Å². The van der Waals surface area contributed by atoms with Gasteiger partial charge in [0, 0.05) is 43.3 Å². The first-order valence-corrected chi connectivity index (χ1v) is 28.3. The molecule has 370 valence electrons. The maximum atomic E-state index is 2.76. The van der Waals surface area contributed by atoms with Crippen molar-refractivity contribution in [1.82, 2.24) is 0 Å². The van der Waals surface area contributed by atoms with Crippen molar-refractivity contribution in [3.63, 3.8) is 0 Å². The minimum Gasteiger partial charge on any atom is -0.311 e. The highest BCUT2D eigenvalue weighted by Gasteiger charge is 2.49. The predicted molar refractivity (Wildman–Crippen MR) is 315 cm³/mol. The van der Waals surface area contributed by atoms with Crippen molar-refractivity contribution in [2.24, 2.45) is 0 Å². The largest absolute Gasteiger partial charge is 0.311 e. The summed E-state index contributed by atoms with van der Waals surface area (Å²) in [4.78, 5) is 5.52. The number of anilines is 6.